The maximum atomic E-state index is 13.3. The number of carbonyl (C=O) groups is 1. The van der Waals surface area contributed by atoms with Gasteiger partial charge in [0, 0.05) is 38.7 Å². The van der Waals surface area contributed by atoms with Gasteiger partial charge in [0.1, 0.15) is 11.3 Å². The van der Waals surface area contributed by atoms with Gasteiger partial charge in [-0.15, -0.1) is 0 Å². The molecule has 1 aromatic carbocycles. The Kier molecular flexibility index (Phi) is 6.11. The van der Waals surface area contributed by atoms with Gasteiger partial charge in [-0.3, -0.25) is 9.78 Å². The normalized spacial score (nSPS) is 18.4. The summed E-state index contributed by atoms with van der Waals surface area (Å²) in [5.41, 5.74) is 3.07. The molecule has 0 radical (unpaired) electrons. The molecule has 36 heavy (non-hydrogen) atoms. The molecule has 186 valence electrons. The molecule has 1 saturated heterocycles. The second-order valence-electron chi connectivity index (χ2n) is 8.90. The second-order valence-corrected chi connectivity index (χ2v) is 8.90. The first-order chi connectivity index (χ1) is 17.3. The summed E-state index contributed by atoms with van der Waals surface area (Å²) < 4.78 is 42.8. The largest absolute Gasteiger partial charge is 0.494 e. The SMILES string of the molecule is COc1cccnc1C(F)(F)F.Cn1c(-c2ccccc2)c(C(=O)N2CC3CC3C2)c2nccnc21. The third kappa shape index (κ3) is 4.38. The minimum Gasteiger partial charge on any atom is -0.494 e. The van der Waals surface area contributed by atoms with Gasteiger partial charge in [-0.2, -0.15) is 13.2 Å². The fourth-order valence-electron chi connectivity index (χ4n) is 4.77. The van der Waals surface area contributed by atoms with Gasteiger partial charge in [0.15, 0.2) is 11.3 Å². The van der Waals surface area contributed by atoms with E-state index in [1.165, 1.54) is 25.7 Å². The van der Waals surface area contributed by atoms with Gasteiger partial charge < -0.3 is 14.2 Å². The molecular formula is C26H24F3N5O2. The molecular weight excluding hydrogens is 471 g/mol. The highest BCUT2D eigenvalue weighted by Crippen LogP contribution is 2.46. The van der Waals surface area contributed by atoms with E-state index in [1.807, 2.05) is 46.8 Å². The molecule has 1 amide bonds. The number of likely N-dealkylation sites (tertiary alicyclic amines) is 1. The summed E-state index contributed by atoms with van der Waals surface area (Å²) in [6.45, 7) is 1.77. The zero-order valence-electron chi connectivity index (χ0n) is 19.7. The lowest BCUT2D eigenvalue weighted by Crippen LogP contribution is -2.30. The van der Waals surface area contributed by atoms with Gasteiger partial charge in [0.25, 0.3) is 5.91 Å². The van der Waals surface area contributed by atoms with Crippen molar-refractivity contribution in [3.63, 3.8) is 0 Å². The lowest BCUT2D eigenvalue weighted by molar-refractivity contribution is -0.142. The molecule has 3 aromatic heterocycles. The lowest BCUT2D eigenvalue weighted by Gasteiger charge is -2.18. The number of pyridine rings is 1. The van der Waals surface area contributed by atoms with Gasteiger partial charge in [-0.25, -0.2) is 9.97 Å². The summed E-state index contributed by atoms with van der Waals surface area (Å²) in [5, 5.41) is 0. The molecule has 10 heteroatoms. The number of halogens is 3. The fourth-order valence-corrected chi connectivity index (χ4v) is 4.77. The van der Waals surface area contributed by atoms with Crippen LogP contribution in [0.1, 0.15) is 22.5 Å². The number of hydrogen-bond donors (Lipinski definition) is 0. The predicted octanol–water partition coefficient (Wildman–Crippen LogP) is 4.84. The summed E-state index contributed by atoms with van der Waals surface area (Å²) >= 11 is 0. The predicted molar refractivity (Wildman–Crippen MR) is 127 cm³/mol. The molecule has 7 nitrogen and oxygen atoms in total. The van der Waals surface area contributed by atoms with E-state index in [1.54, 1.807) is 12.4 Å². The number of ether oxygens (including phenoxy) is 1. The molecule has 1 saturated carbocycles. The van der Waals surface area contributed by atoms with Crippen molar-refractivity contribution in [1.82, 2.24) is 24.4 Å². The number of carbonyl (C=O) groups excluding carboxylic acids is 1. The van der Waals surface area contributed by atoms with Gasteiger partial charge in [0.05, 0.1) is 18.4 Å². The van der Waals surface area contributed by atoms with Crippen molar-refractivity contribution in [3.8, 4) is 17.0 Å². The molecule has 2 unspecified atom stereocenters. The Balaban J connectivity index is 0.000000189. The Morgan fingerprint density at radius 3 is 2.31 bits per heavy atom. The monoisotopic (exact) mass is 495 g/mol. The topological polar surface area (TPSA) is 73.1 Å². The van der Waals surface area contributed by atoms with Crippen LogP contribution in [0.4, 0.5) is 13.2 Å². The van der Waals surface area contributed by atoms with E-state index < -0.39 is 11.9 Å². The van der Waals surface area contributed by atoms with Crippen LogP contribution >= 0.6 is 0 Å². The highest BCUT2D eigenvalue weighted by atomic mass is 19.4. The summed E-state index contributed by atoms with van der Waals surface area (Å²) in [6.07, 6.45) is 1.24. The fraction of sp³-hybridized carbons (Fsp3) is 0.308. The molecule has 1 aliphatic carbocycles. The van der Waals surface area contributed by atoms with Crippen molar-refractivity contribution >= 4 is 17.1 Å². The minimum absolute atomic E-state index is 0.0900. The first-order valence-electron chi connectivity index (χ1n) is 11.5. The number of aryl methyl sites for hydroxylation is 1. The number of rotatable bonds is 3. The number of methoxy groups -OCH3 is 1. The molecule has 0 bridgehead atoms. The number of piperidine rings is 1. The van der Waals surface area contributed by atoms with Crippen molar-refractivity contribution in [1.29, 1.82) is 0 Å². The summed E-state index contributed by atoms with van der Waals surface area (Å²) in [5.74, 6) is 1.27. The number of hydrogen-bond acceptors (Lipinski definition) is 5. The summed E-state index contributed by atoms with van der Waals surface area (Å²) in [4.78, 5) is 27.4. The van der Waals surface area contributed by atoms with Crippen LogP contribution in [-0.4, -0.2) is 50.5 Å². The molecule has 2 aliphatic rings. The van der Waals surface area contributed by atoms with E-state index in [0.29, 0.717) is 11.1 Å². The van der Waals surface area contributed by atoms with E-state index in [-0.39, 0.29) is 11.7 Å². The van der Waals surface area contributed by atoms with Crippen LogP contribution in [0.25, 0.3) is 22.4 Å². The number of benzene rings is 1. The molecule has 0 spiro atoms. The Morgan fingerprint density at radius 1 is 0.972 bits per heavy atom. The van der Waals surface area contributed by atoms with Gasteiger partial charge >= 0.3 is 6.18 Å². The van der Waals surface area contributed by atoms with E-state index in [4.69, 9.17) is 0 Å². The van der Waals surface area contributed by atoms with Gasteiger partial charge in [0.2, 0.25) is 0 Å². The Morgan fingerprint density at radius 2 is 1.67 bits per heavy atom. The van der Waals surface area contributed by atoms with Crippen LogP contribution < -0.4 is 4.74 Å². The maximum absolute atomic E-state index is 13.3. The van der Waals surface area contributed by atoms with Crippen LogP contribution in [-0.2, 0) is 13.2 Å². The lowest BCUT2D eigenvalue weighted by atomic mass is 10.1. The standard InChI is InChI=1S/C19H18N4O.C7H6F3NO/c1-22-17(12-5-3-2-4-6-12)15(16-18(22)21-8-7-20-16)19(24)23-10-13-9-14(13)11-23;1-12-5-3-2-4-11-6(5)7(8,9)10/h2-8,13-14H,9-11H2,1H3;2-4H,1H3. The third-order valence-corrected chi connectivity index (χ3v) is 6.59. The summed E-state index contributed by atoms with van der Waals surface area (Å²) in [7, 11) is 3.13. The smallest absolute Gasteiger partial charge is 0.437 e. The number of amides is 1. The molecule has 2 atom stereocenters. The Bertz CT molecular complexity index is 1390. The maximum Gasteiger partial charge on any atom is 0.437 e. The molecule has 1 aliphatic heterocycles. The highest BCUT2D eigenvalue weighted by Gasteiger charge is 2.47. The third-order valence-electron chi connectivity index (χ3n) is 6.59. The molecule has 4 heterocycles. The zero-order valence-corrected chi connectivity index (χ0v) is 19.7. The molecule has 2 fully saturated rings. The van der Waals surface area contributed by atoms with E-state index in [2.05, 4.69) is 19.7 Å². The molecule has 0 N–H and O–H groups in total. The van der Waals surface area contributed by atoms with E-state index >= 15 is 0 Å². The van der Waals surface area contributed by atoms with Crippen molar-refractivity contribution in [3.05, 3.63) is 72.3 Å². The second kappa shape index (κ2) is 9.25. The van der Waals surface area contributed by atoms with Crippen molar-refractivity contribution in [2.45, 2.75) is 12.6 Å². The van der Waals surface area contributed by atoms with Crippen molar-refractivity contribution in [2.75, 3.05) is 20.2 Å². The Labute approximate surface area is 205 Å². The number of alkyl halides is 3. The minimum atomic E-state index is -4.45. The zero-order chi connectivity index (χ0) is 25.4. The van der Waals surface area contributed by atoms with E-state index in [0.717, 1.165) is 48.0 Å². The van der Waals surface area contributed by atoms with Crippen molar-refractivity contribution in [2.24, 2.45) is 18.9 Å². The molecule has 4 aromatic rings. The van der Waals surface area contributed by atoms with E-state index in [9.17, 15) is 18.0 Å². The summed E-state index contributed by atoms with van der Waals surface area (Å²) in [6, 6.07) is 12.6. The quantitative estimate of drug-likeness (QED) is 0.407. The number of fused-ring (bicyclic) bond motifs is 2. The van der Waals surface area contributed by atoms with Crippen LogP contribution in [0.5, 0.6) is 5.75 Å². The van der Waals surface area contributed by atoms with Crippen LogP contribution in [0.3, 0.4) is 0 Å². The number of aromatic nitrogens is 4. The first kappa shape index (κ1) is 23.8. The average molecular weight is 496 g/mol. The molecule has 6 rings (SSSR count). The van der Waals surface area contributed by atoms with Gasteiger partial charge in [-0.05, 0) is 36.0 Å². The van der Waals surface area contributed by atoms with Crippen LogP contribution in [0, 0.1) is 11.8 Å². The number of nitrogens with zero attached hydrogens (tertiary/aromatic N) is 5. The van der Waals surface area contributed by atoms with Crippen LogP contribution in [0.2, 0.25) is 0 Å². The van der Waals surface area contributed by atoms with Crippen LogP contribution in [0.15, 0.2) is 61.1 Å². The van der Waals surface area contributed by atoms with Gasteiger partial charge in [-0.1, -0.05) is 30.3 Å². The highest BCUT2D eigenvalue weighted by molar-refractivity contribution is 6.10. The van der Waals surface area contributed by atoms with Crippen molar-refractivity contribution < 1.29 is 22.7 Å². The first-order valence-corrected chi connectivity index (χ1v) is 11.5. The average Bonchev–Trinajstić information content (AvgIpc) is 3.38. The Hall–Kier alpha value is -3.95.